The highest BCUT2D eigenvalue weighted by atomic mass is 16.5. The molecule has 3 nitrogen and oxygen atoms in total. The van der Waals surface area contributed by atoms with Crippen LogP contribution in [0.15, 0.2) is 0 Å². The lowest BCUT2D eigenvalue weighted by molar-refractivity contribution is -0.161. The van der Waals surface area contributed by atoms with Crippen molar-refractivity contribution in [2.75, 3.05) is 19.8 Å². The second-order valence-corrected chi connectivity index (χ2v) is 7.22. The molecule has 0 radical (unpaired) electrons. The van der Waals surface area contributed by atoms with Crippen LogP contribution in [0.5, 0.6) is 0 Å². The van der Waals surface area contributed by atoms with E-state index in [4.69, 9.17) is 9.47 Å². The Kier molecular flexibility index (Phi) is 4.68. The first-order chi connectivity index (χ1) is 9.72. The summed E-state index contributed by atoms with van der Waals surface area (Å²) in [6.07, 6.45) is 9.04. The van der Waals surface area contributed by atoms with Crippen molar-refractivity contribution in [1.82, 2.24) is 0 Å². The van der Waals surface area contributed by atoms with Gasteiger partial charge in [-0.05, 0) is 62.7 Å². The minimum Gasteiger partial charge on any atom is -0.393 e. The van der Waals surface area contributed by atoms with Gasteiger partial charge in [0.2, 0.25) is 0 Å². The van der Waals surface area contributed by atoms with Crippen LogP contribution in [0.2, 0.25) is 0 Å². The van der Waals surface area contributed by atoms with Crippen molar-refractivity contribution in [2.24, 2.45) is 17.8 Å². The zero-order valence-electron chi connectivity index (χ0n) is 12.9. The number of hydrogen-bond donors (Lipinski definition) is 1. The summed E-state index contributed by atoms with van der Waals surface area (Å²) in [5.74, 6) is 2.00. The molecule has 3 fully saturated rings. The second kappa shape index (κ2) is 6.33. The maximum absolute atomic E-state index is 10.5. The van der Waals surface area contributed by atoms with Gasteiger partial charge in [0.15, 0.2) is 0 Å². The molecule has 0 aromatic heterocycles. The fraction of sp³-hybridized carbons (Fsp3) is 1.00. The fourth-order valence-corrected chi connectivity index (χ4v) is 4.68. The van der Waals surface area contributed by atoms with E-state index in [0.29, 0.717) is 11.8 Å². The van der Waals surface area contributed by atoms with E-state index >= 15 is 0 Å². The lowest BCUT2D eigenvalue weighted by Gasteiger charge is -2.47. The van der Waals surface area contributed by atoms with Crippen LogP contribution in [0.25, 0.3) is 0 Å². The van der Waals surface area contributed by atoms with E-state index in [1.165, 1.54) is 19.3 Å². The zero-order chi connectivity index (χ0) is 14.0. The molecule has 1 N–H and O–H groups in total. The first-order valence-corrected chi connectivity index (χ1v) is 8.62. The lowest BCUT2D eigenvalue weighted by atomic mass is 9.67. The third-order valence-corrected chi connectivity index (χ3v) is 6.09. The number of aliphatic hydroxyl groups excluding tert-OH is 1. The van der Waals surface area contributed by atoms with Crippen molar-refractivity contribution in [3.05, 3.63) is 0 Å². The zero-order valence-corrected chi connectivity index (χ0v) is 12.9. The molecule has 116 valence electrons. The summed E-state index contributed by atoms with van der Waals surface area (Å²) >= 11 is 0. The standard InChI is InChI=1S/C17H30O3/c1-2-13-3-4-16(18)15(11-13)14-5-8-20-17(12-14)6-9-19-10-7-17/h13-16,18H,2-12H2,1H3. The molecule has 0 amide bonds. The van der Waals surface area contributed by atoms with Gasteiger partial charge in [0.1, 0.15) is 0 Å². The predicted molar refractivity (Wildman–Crippen MR) is 78.6 cm³/mol. The largest absolute Gasteiger partial charge is 0.393 e. The van der Waals surface area contributed by atoms with E-state index in [0.717, 1.165) is 57.8 Å². The highest BCUT2D eigenvalue weighted by Gasteiger charge is 2.43. The van der Waals surface area contributed by atoms with Gasteiger partial charge in [0.05, 0.1) is 11.7 Å². The summed E-state index contributed by atoms with van der Waals surface area (Å²) < 4.78 is 11.7. The third-order valence-electron chi connectivity index (χ3n) is 6.09. The molecule has 4 atom stereocenters. The third kappa shape index (κ3) is 3.05. The van der Waals surface area contributed by atoms with Gasteiger partial charge >= 0.3 is 0 Å². The smallest absolute Gasteiger partial charge is 0.0729 e. The average molecular weight is 282 g/mol. The molecule has 1 spiro atoms. The Labute approximate surface area is 123 Å². The van der Waals surface area contributed by atoms with Crippen LogP contribution in [0.3, 0.4) is 0 Å². The van der Waals surface area contributed by atoms with Gasteiger partial charge in [0.25, 0.3) is 0 Å². The Morgan fingerprint density at radius 3 is 2.65 bits per heavy atom. The van der Waals surface area contributed by atoms with Crippen LogP contribution in [0, 0.1) is 17.8 Å². The van der Waals surface area contributed by atoms with Gasteiger partial charge in [-0.2, -0.15) is 0 Å². The summed E-state index contributed by atoms with van der Waals surface area (Å²) in [6, 6.07) is 0. The Hall–Kier alpha value is -0.120. The number of ether oxygens (including phenoxy) is 2. The molecule has 0 bridgehead atoms. The van der Waals surface area contributed by atoms with Crippen LogP contribution < -0.4 is 0 Å². The van der Waals surface area contributed by atoms with Gasteiger partial charge in [0, 0.05) is 19.8 Å². The molecule has 2 aliphatic heterocycles. The molecule has 1 saturated carbocycles. The molecule has 20 heavy (non-hydrogen) atoms. The van der Waals surface area contributed by atoms with Crippen molar-refractivity contribution in [3.63, 3.8) is 0 Å². The Bertz CT molecular complexity index is 306. The summed E-state index contributed by atoms with van der Waals surface area (Å²) in [5, 5.41) is 10.5. The molecule has 3 aliphatic rings. The molecule has 3 rings (SSSR count). The van der Waals surface area contributed by atoms with Crippen molar-refractivity contribution in [1.29, 1.82) is 0 Å². The summed E-state index contributed by atoms with van der Waals surface area (Å²) in [5.41, 5.74) is 0.0695. The fourth-order valence-electron chi connectivity index (χ4n) is 4.68. The van der Waals surface area contributed by atoms with Gasteiger partial charge in [-0.3, -0.25) is 0 Å². The molecule has 3 heteroatoms. The molecular weight excluding hydrogens is 252 g/mol. The Morgan fingerprint density at radius 2 is 1.90 bits per heavy atom. The van der Waals surface area contributed by atoms with Gasteiger partial charge in [-0.15, -0.1) is 0 Å². The molecule has 4 unspecified atom stereocenters. The highest BCUT2D eigenvalue weighted by molar-refractivity contribution is 4.94. The van der Waals surface area contributed by atoms with Crippen molar-refractivity contribution < 1.29 is 14.6 Å². The Morgan fingerprint density at radius 1 is 1.10 bits per heavy atom. The number of aliphatic hydroxyl groups is 1. The van der Waals surface area contributed by atoms with Crippen LogP contribution >= 0.6 is 0 Å². The monoisotopic (exact) mass is 282 g/mol. The topological polar surface area (TPSA) is 38.7 Å². The summed E-state index contributed by atoms with van der Waals surface area (Å²) in [7, 11) is 0. The quantitative estimate of drug-likeness (QED) is 0.845. The SMILES string of the molecule is CCC1CCC(O)C(C2CCOC3(CCOCC3)C2)C1. The number of hydrogen-bond acceptors (Lipinski definition) is 3. The van der Waals surface area contributed by atoms with Crippen LogP contribution in [0.1, 0.15) is 58.3 Å². The van der Waals surface area contributed by atoms with Gasteiger partial charge in [-0.1, -0.05) is 13.3 Å². The maximum atomic E-state index is 10.5. The van der Waals surface area contributed by atoms with Crippen LogP contribution in [0.4, 0.5) is 0 Å². The second-order valence-electron chi connectivity index (χ2n) is 7.22. The molecule has 2 saturated heterocycles. The summed E-state index contributed by atoms with van der Waals surface area (Å²) in [6.45, 7) is 4.86. The van der Waals surface area contributed by atoms with Gasteiger partial charge in [-0.25, -0.2) is 0 Å². The number of rotatable bonds is 2. The molecule has 1 aliphatic carbocycles. The molecule has 0 aromatic rings. The van der Waals surface area contributed by atoms with E-state index in [1.54, 1.807) is 0 Å². The van der Waals surface area contributed by atoms with Gasteiger partial charge < -0.3 is 14.6 Å². The summed E-state index contributed by atoms with van der Waals surface area (Å²) in [4.78, 5) is 0. The van der Waals surface area contributed by atoms with E-state index in [-0.39, 0.29) is 11.7 Å². The van der Waals surface area contributed by atoms with E-state index < -0.39 is 0 Å². The average Bonchev–Trinajstić information content (AvgIpc) is 2.48. The van der Waals surface area contributed by atoms with Crippen molar-refractivity contribution >= 4 is 0 Å². The molecule has 0 aromatic carbocycles. The lowest BCUT2D eigenvalue weighted by Crippen LogP contribution is -2.48. The van der Waals surface area contributed by atoms with E-state index in [2.05, 4.69) is 6.92 Å². The van der Waals surface area contributed by atoms with E-state index in [1.807, 2.05) is 0 Å². The minimum absolute atomic E-state index is 0.0695. The normalized spacial score (nSPS) is 41.7. The highest BCUT2D eigenvalue weighted by Crippen LogP contribution is 2.45. The first-order valence-electron chi connectivity index (χ1n) is 8.62. The van der Waals surface area contributed by atoms with Crippen molar-refractivity contribution in [3.8, 4) is 0 Å². The van der Waals surface area contributed by atoms with Crippen molar-refractivity contribution in [2.45, 2.75) is 70.0 Å². The molecule has 2 heterocycles. The van der Waals surface area contributed by atoms with Crippen LogP contribution in [-0.2, 0) is 9.47 Å². The maximum Gasteiger partial charge on any atom is 0.0729 e. The Balaban J connectivity index is 1.66. The van der Waals surface area contributed by atoms with E-state index in [9.17, 15) is 5.11 Å². The first kappa shape index (κ1) is 14.8. The predicted octanol–water partition coefficient (Wildman–Crippen LogP) is 3.15. The molecular formula is C17H30O3. The van der Waals surface area contributed by atoms with Crippen LogP contribution in [-0.4, -0.2) is 36.6 Å². The minimum atomic E-state index is -0.0715.